The molecule has 47 heavy (non-hydrogen) atoms. The number of methoxy groups -OCH3 is 1. The minimum Gasteiger partial charge on any atom is -0.481 e. The van der Waals surface area contributed by atoms with Crippen LogP contribution in [0.4, 0.5) is 10.1 Å². The quantitative estimate of drug-likeness (QED) is 0.260. The number of anilines is 1. The molecule has 1 aliphatic carbocycles. The van der Waals surface area contributed by atoms with Crippen molar-refractivity contribution >= 4 is 29.1 Å². The van der Waals surface area contributed by atoms with Crippen LogP contribution in [-0.4, -0.2) is 45.6 Å². The predicted molar refractivity (Wildman–Crippen MR) is 176 cm³/mol. The zero-order valence-electron chi connectivity index (χ0n) is 26.4. The number of halogens is 2. The number of fused-ring (bicyclic) bond motifs is 1. The Balaban J connectivity index is 1.32. The second-order valence-corrected chi connectivity index (χ2v) is 12.3. The number of hydrogen-bond donors (Lipinski definition) is 3. The van der Waals surface area contributed by atoms with Crippen LogP contribution in [0.25, 0.3) is 22.4 Å². The van der Waals surface area contributed by atoms with Gasteiger partial charge in [0.1, 0.15) is 11.4 Å². The lowest BCUT2D eigenvalue weighted by Gasteiger charge is -2.20. The Morgan fingerprint density at radius 2 is 1.87 bits per heavy atom. The molecular weight excluding hydrogens is 627 g/mol. The molecule has 3 heterocycles. The maximum absolute atomic E-state index is 15.3. The summed E-state index contributed by atoms with van der Waals surface area (Å²) in [6, 6.07) is 9.79. The van der Waals surface area contributed by atoms with E-state index in [-0.39, 0.29) is 28.6 Å². The summed E-state index contributed by atoms with van der Waals surface area (Å²) >= 11 is 7.00. The van der Waals surface area contributed by atoms with Gasteiger partial charge < -0.3 is 25.3 Å². The van der Waals surface area contributed by atoms with Gasteiger partial charge in [-0.05, 0) is 67.1 Å². The van der Waals surface area contributed by atoms with Gasteiger partial charge in [0.15, 0.2) is 0 Å². The van der Waals surface area contributed by atoms with Gasteiger partial charge in [-0.25, -0.2) is 14.2 Å². The molecule has 1 saturated heterocycles. The molecule has 4 aromatic rings. The summed E-state index contributed by atoms with van der Waals surface area (Å²) in [5, 5.41) is 9.54. The number of aromatic nitrogens is 3. The third-order valence-electron chi connectivity index (χ3n) is 8.93. The molecule has 2 aromatic carbocycles. The molecule has 2 amide bonds. The molecule has 2 atom stereocenters. The minimum absolute atomic E-state index is 0.000835. The average Bonchev–Trinajstić information content (AvgIpc) is 3.67. The Bertz CT molecular complexity index is 2060. The molecule has 0 spiro atoms. The first-order valence-corrected chi connectivity index (χ1v) is 15.6. The van der Waals surface area contributed by atoms with Gasteiger partial charge in [0, 0.05) is 67.7 Å². The van der Waals surface area contributed by atoms with Crippen molar-refractivity contribution < 1.29 is 18.7 Å². The van der Waals surface area contributed by atoms with Crippen molar-refractivity contribution in [1.82, 2.24) is 24.8 Å². The number of amides is 2. The van der Waals surface area contributed by atoms with Crippen molar-refractivity contribution in [2.75, 3.05) is 19.0 Å². The van der Waals surface area contributed by atoms with E-state index in [9.17, 15) is 19.2 Å². The van der Waals surface area contributed by atoms with Crippen molar-refractivity contribution in [2.24, 2.45) is 14.1 Å². The lowest BCUT2D eigenvalue weighted by atomic mass is 9.95. The minimum atomic E-state index is -0.723. The van der Waals surface area contributed by atoms with Crippen LogP contribution in [0.1, 0.15) is 52.4 Å². The van der Waals surface area contributed by atoms with Gasteiger partial charge in [-0.2, -0.15) is 0 Å². The van der Waals surface area contributed by atoms with E-state index in [1.165, 1.54) is 32.4 Å². The molecule has 6 rings (SSSR count). The molecule has 0 saturated carbocycles. The molecule has 3 N–H and O–H groups in total. The zero-order valence-corrected chi connectivity index (χ0v) is 27.1. The van der Waals surface area contributed by atoms with Crippen LogP contribution in [0.15, 0.2) is 52.2 Å². The molecule has 0 bridgehead atoms. The molecule has 13 heteroatoms. The van der Waals surface area contributed by atoms with Crippen molar-refractivity contribution in [3.8, 4) is 28.3 Å². The molecular formula is C34H34ClFN6O5. The van der Waals surface area contributed by atoms with Gasteiger partial charge >= 0.3 is 5.69 Å². The molecule has 2 aromatic heterocycles. The largest absolute Gasteiger partial charge is 0.481 e. The first-order chi connectivity index (χ1) is 22.5. The van der Waals surface area contributed by atoms with Crippen molar-refractivity contribution in [3.63, 3.8) is 0 Å². The van der Waals surface area contributed by atoms with Gasteiger partial charge in [-0.15, -0.1) is 0 Å². The van der Waals surface area contributed by atoms with Gasteiger partial charge in [-0.1, -0.05) is 23.7 Å². The van der Waals surface area contributed by atoms with Crippen molar-refractivity contribution in [1.29, 1.82) is 0 Å². The predicted octanol–water partition coefficient (Wildman–Crippen LogP) is 4.03. The highest BCUT2D eigenvalue weighted by molar-refractivity contribution is 6.36. The number of aryl methyl sites for hydroxylation is 2. The Labute approximate surface area is 274 Å². The van der Waals surface area contributed by atoms with Crippen LogP contribution in [-0.2, 0) is 25.3 Å². The van der Waals surface area contributed by atoms with Crippen molar-refractivity contribution in [3.05, 3.63) is 96.5 Å². The molecule has 0 radical (unpaired) electrons. The highest BCUT2D eigenvalue weighted by atomic mass is 35.5. The summed E-state index contributed by atoms with van der Waals surface area (Å²) in [6.45, 7) is 2.39. The number of nitrogens with one attached hydrogen (secondary N) is 3. The number of nitrogens with zero attached hydrogens (tertiary/aromatic N) is 3. The fraction of sp³-hybridized carbons (Fsp3) is 0.324. The molecule has 1 aliphatic heterocycles. The van der Waals surface area contributed by atoms with Gasteiger partial charge in [0.05, 0.1) is 17.8 Å². The monoisotopic (exact) mass is 660 g/mol. The van der Waals surface area contributed by atoms with Gasteiger partial charge in [0.25, 0.3) is 11.5 Å². The topological polar surface area (TPSA) is 136 Å². The average molecular weight is 661 g/mol. The van der Waals surface area contributed by atoms with Gasteiger partial charge in [-0.3, -0.25) is 19.0 Å². The number of pyridine rings is 1. The van der Waals surface area contributed by atoms with E-state index in [0.29, 0.717) is 52.5 Å². The standard InChI is InChI=1S/C34H34ClFN6O5/c1-17-21(6-5-7-25(17)39-31(44)24-16-41(2)34(46)42(3)33(24)45)22-13-19(36)14-23(30(22)35)27-12-18-8-10-26(29(18)32(40-27)47-4)37-15-20-9-11-28(43)38-20/h5-7,12-14,16,20,26,37H,8-11,15H2,1-4H3,(H,38,43)(H,39,44)/t20-,26-/m0/s1. The third-order valence-corrected chi connectivity index (χ3v) is 9.33. The van der Waals surface area contributed by atoms with E-state index >= 15 is 4.39 Å². The van der Waals surface area contributed by atoms with E-state index in [1.54, 1.807) is 32.2 Å². The number of hydrogen-bond acceptors (Lipinski definition) is 7. The second-order valence-electron chi connectivity index (χ2n) is 11.9. The van der Waals surface area contributed by atoms with E-state index in [0.717, 1.165) is 39.5 Å². The van der Waals surface area contributed by atoms with Crippen LogP contribution in [0.2, 0.25) is 5.02 Å². The van der Waals surface area contributed by atoms with E-state index in [1.807, 2.05) is 6.07 Å². The van der Waals surface area contributed by atoms with E-state index < -0.39 is 23.0 Å². The van der Waals surface area contributed by atoms with Crippen LogP contribution >= 0.6 is 11.6 Å². The Morgan fingerprint density at radius 1 is 1.11 bits per heavy atom. The van der Waals surface area contributed by atoms with Gasteiger partial charge in [0.2, 0.25) is 11.8 Å². The molecule has 11 nitrogen and oxygen atoms in total. The fourth-order valence-corrected chi connectivity index (χ4v) is 6.71. The maximum Gasteiger partial charge on any atom is 0.330 e. The summed E-state index contributed by atoms with van der Waals surface area (Å²) in [6.07, 6.45) is 4.11. The number of carbonyl (C=O) groups is 2. The normalized spacial score (nSPS) is 17.0. The summed E-state index contributed by atoms with van der Waals surface area (Å²) in [7, 11) is 4.30. The van der Waals surface area contributed by atoms with Crippen LogP contribution in [0.3, 0.4) is 0 Å². The van der Waals surface area contributed by atoms with E-state index in [4.69, 9.17) is 21.3 Å². The lowest BCUT2D eigenvalue weighted by molar-refractivity contribution is -0.119. The summed E-state index contributed by atoms with van der Waals surface area (Å²) in [5.74, 6) is -0.724. The number of benzene rings is 2. The molecule has 2 aliphatic rings. The third kappa shape index (κ3) is 6.06. The SMILES string of the molecule is COc1nc(-c2cc(F)cc(-c3cccc(NC(=O)c4cn(C)c(=O)n(C)c4=O)c3C)c2Cl)cc2c1[C@@H](NC[C@@H]1CCC(=O)N1)CC2. The summed E-state index contributed by atoms with van der Waals surface area (Å²) < 4.78 is 23.0. The Kier molecular flexibility index (Phi) is 8.73. The number of ether oxygens (including phenoxy) is 1. The fourth-order valence-electron chi connectivity index (χ4n) is 6.41. The maximum atomic E-state index is 15.3. The molecule has 244 valence electrons. The molecule has 0 unspecified atom stereocenters. The summed E-state index contributed by atoms with van der Waals surface area (Å²) in [5.41, 5.74) is 3.27. The highest BCUT2D eigenvalue weighted by Crippen LogP contribution is 2.43. The first-order valence-electron chi connectivity index (χ1n) is 15.2. The lowest BCUT2D eigenvalue weighted by Crippen LogP contribution is -2.40. The van der Waals surface area contributed by atoms with Crippen LogP contribution in [0.5, 0.6) is 5.88 Å². The van der Waals surface area contributed by atoms with Crippen molar-refractivity contribution in [2.45, 2.75) is 44.7 Å². The second kappa shape index (κ2) is 12.8. The van der Waals surface area contributed by atoms with Crippen LogP contribution in [0, 0.1) is 12.7 Å². The summed E-state index contributed by atoms with van der Waals surface area (Å²) in [4.78, 5) is 54.2. The number of carbonyl (C=O) groups excluding carboxylic acids is 2. The van der Waals surface area contributed by atoms with Crippen LogP contribution < -0.4 is 31.9 Å². The Hall–Kier alpha value is -4.81. The highest BCUT2D eigenvalue weighted by Gasteiger charge is 2.30. The zero-order chi connectivity index (χ0) is 33.6. The first kappa shape index (κ1) is 32.1. The molecule has 1 fully saturated rings. The number of rotatable bonds is 8. The van der Waals surface area contributed by atoms with E-state index in [2.05, 4.69) is 16.0 Å². The smallest absolute Gasteiger partial charge is 0.330 e. The Morgan fingerprint density at radius 3 is 2.60 bits per heavy atom.